The number of benzene rings is 1. The first-order valence-corrected chi connectivity index (χ1v) is 9.69. The first kappa shape index (κ1) is 17.7. The fourth-order valence-electron chi connectivity index (χ4n) is 3.87. The third-order valence-corrected chi connectivity index (χ3v) is 5.79. The molecule has 1 atom stereocenters. The van der Waals surface area contributed by atoms with Gasteiger partial charge in [0, 0.05) is 19.5 Å². The number of likely N-dealkylation sites (tertiary alicyclic amines) is 1. The molecule has 0 spiro atoms. The molecule has 5 nitrogen and oxygen atoms in total. The van der Waals surface area contributed by atoms with Crippen LogP contribution >= 0.6 is 23.2 Å². The van der Waals surface area contributed by atoms with Crippen LogP contribution in [0.1, 0.15) is 60.2 Å². The zero-order valence-corrected chi connectivity index (χ0v) is 15.7. The van der Waals surface area contributed by atoms with E-state index in [0.29, 0.717) is 6.54 Å². The first-order valence-electron chi connectivity index (χ1n) is 8.93. The van der Waals surface area contributed by atoms with Crippen molar-refractivity contribution in [1.29, 1.82) is 0 Å². The van der Waals surface area contributed by atoms with E-state index in [9.17, 15) is 9.18 Å². The van der Waals surface area contributed by atoms with Crippen LogP contribution in [0.25, 0.3) is 0 Å². The number of rotatable bonds is 2. The third-order valence-electron chi connectivity index (χ3n) is 5.19. The van der Waals surface area contributed by atoms with Gasteiger partial charge in [-0.25, -0.2) is 4.39 Å². The van der Waals surface area contributed by atoms with Crippen LogP contribution in [0.5, 0.6) is 0 Å². The van der Waals surface area contributed by atoms with Gasteiger partial charge in [-0.15, -0.1) is 10.2 Å². The minimum atomic E-state index is -0.647. The second kappa shape index (κ2) is 7.16. The molecule has 2 aliphatic heterocycles. The minimum absolute atomic E-state index is 0.0905. The van der Waals surface area contributed by atoms with E-state index in [0.717, 1.165) is 56.4 Å². The largest absolute Gasteiger partial charge is 0.328 e. The van der Waals surface area contributed by atoms with E-state index in [-0.39, 0.29) is 27.6 Å². The molecular formula is C18H19Cl2FN4O. The highest BCUT2D eigenvalue weighted by molar-refractivity contribution is 6.36. The Balaban J connectivity index is 1.66. The SMILES string of the molecule is O=C(c1cc(F)c(Cl)cc1Cl)N1CCCC1c1nnc2n1CCCCC2. The van der Waals surface area contributed by atoms with Gasteiger partial charge >= 0.3 is 0 Å². The fraction of sp³-hybridized carbons (Fsp3) is 0.500. The molecule has 8 heteroatoms. The summed E-state index contributed by atoms with van der Waals surface area (Å²) in [5.41, 5.74) is 0.135. The molecule has 1 unspecified atom stereocenters. The van der Waals surface area contributed by atoms with E-state index in [4.69, 9.17) is 23.2 Å². The van der Waals surface area contributed by atoms with Crippen molar-refractivity contribution >= 4 is 29.1 Å². The molecule has 0 bridgehead atoms. The predicted octanol–water partition coefficient (Wildman–Crippen LogP) is 4.43. The Morgan fingerprint density at radius 3 is 2.77 bits per heavy atom. The van der Waals surface area contributed by atoms with Crippen LogP contribution in [0.4, 0.5) is 4.39 Å². The Kier molecular flexibility index (Phi) is 4.88. The van der Waals surface area contributed by atoms with Crippen molar-refractivity contribution in [3.63, 3.8) is 0 Å². The normalized spacial score (nSPS) is 20.1. The standard InChI is InChI=1S/C18H19Cl2FN4O/c19-12-10-13(20)14(21)9-11(12)18(26)24-8-4-5-15(24)17-23-22-16-6-2-1-3-7-25(16)17/h9-10,15H,1-8H2. The van der Waals surface area contributed by atoms with Crippen LogP contribution < -0.4 is 0 Å². The molecule has 1 saturated heterocycles. The minimum Gasteiger partial charge on any atom is -0.328 e. The van der Waals surface area contributed by atoms with Crippen molar-refractivity contribution in [2.75, 3.05) is 6.54 Å². The van der Waals surface area contributed by atoms with Crippen LogP contribution in [0.15, 0.2) is 12.1 Å². The molecule has 0 radical (unpaired) electrons. The van der Waals surface area contributed by atoms with Crippen LogP contribution in [0.2, 0.25) is 10.0 Å². The van der Waals surface area contributed by atoms with Gasteiger partial charge in [0.1, 0.15) is 11.6 Å². The van der Waals surface area contributed by atoms with Crippen molar-refractivity contribution in [2.45, 2.75) is 51.1 Å². The maximum atomic E-state index is 13.9. The van der Waals surface area contributed by atoms with E-state index in [1.54, 1.807) is 4.90 Å². The molecule has 0 N–H and O–H groups in total. The second-order valence-electron chi connectivity index (χ2n) is 6.84. The van der Waals surface area contributed by atoms with Gasteiger partial charge < -0.3 is 9.47 Å². The Bertz CT molecular complexity index is 854. The highest BCUT2D eigenvalue weighted by Crippen LogP contribution is 2.35. The number of nitrogens with zero attached hydrogens (tertiary/aromatic N) is 4. The van der Waals surface area contributed by atoms with Gasteiger partial charge in [0.2, 0.25) is 0 Å². The lowest BCUT2D eigenvalue weighted by atomic mass is 10.1. The molecule has 1 aromatic heterocycles. The average molecular weight is 397 g/mol. The summed E-state index contributed by atoms with van der Waals surface area (Å²) < 4.78 is 16.0. The monoisotopic (exact) mass is 396 g/mol. The number of aryl methyl sites for hydroxylation is 1. The lowest BCUT2D eigenvalue weighted by Gasteiger charge is -2.25. The van der Waals surface area contributed by atoms with E-state index in [1.807, 2.05) is 0 Å². The lowest BCUT2D eigenvalue weighted by Crippen LogP contribution is -2.32. The molecule has 1 aromatic carbocycles. The smallest absolute Gasteiger partial charge is 0.256 e. The van der Waals surface area contributed by atoms with Crippen molar-refractivity contribution < 1.29 is 9.18 Å². The number of carbonyl (C=O) groups excluding carboxylic acids is 1. The van der Waals surface area contributed by atoms with Crippen LogP contribution in [-0.4, -0.2) is 32.1 Å². The van der Waals surface area contributed by atoms with Crippen LogP contribution in [-0.2, 0) is 13.0 Å². The molecule has 1 fully saturated rings. The van der Waals surface area contributed by atoms with Gasteiger partial charge in [0.05, 0.1) is 21.7 Å². The fourth-order valence-corrected chi connectivity index (χ4v) is 4.34. The van der Waals surface area contributed by atoms with E-state index in [2.05, 4.69) is 14.8 Å². The predicted molar refractivity (Wildman–Crippen MR) is 97.0 cm³/mol. The van der Waals surface area contributed by atoms with E-state index in [1.165, 1.54) is 12.5 Å². The molecule has 26 heavy (non-hydrogen) atoms. The van der Waals surface area contributed by atoms with Gasteiger partial charge in [0.15, 0.2) is 5.82 Å². The van der Waals surface area contributed by atoms with Gasteiger partial charge in [-0.3, -0.25) is 4.79 Å². The van der Waals surface area contributed by atoms with E-state index < -0.39 is 5.82 Å². The Morgan fingerprint density at radius 2 is 1.92 bits per heavy atom. The summed E-state index contributed by atoms with van der Waals surface area (Å²) in [6, 6.07) is 2.24. The van der Waals surface area contributed by atoms with Crippen molar-refractivity contribution in [3.05, 3.63) is 45.2 Å². The summed E-state index contributed by atoms with van der Waals surface area (Å²) in [5.74, 6) is 0.885. The van der Waals surface area contributed by atoms with Gasteiger partial charge in [-0.2, -0.15) is 0 Å². The number of fused-ring (bicyclic) bond motifs is 1. The van der Waals surface area contributed by atoms with Crippen molar-refractivity contribution in [1.82, 2.24) is 19.7 Å². The summed E-state index contributed by atoms with van der Waals surface area (Å²) in [7, 11) is 0. The van der Waals surface area contributed by atoms with E-state index >= 15 is 0 Å². The number of amides is 1. The summed E-state index contributed by atoms with van der Waals surface area (Å²) >= 11 is 11.9. The van der Waals surface area contributed by atoms with Crippen LogP contribution in [0.3, 0.4) is 0 Å². The Labute approximate surface area is 161 Å². The summed E-state index contributed by atoms with van der Waals surface area (Å²) in [5, 5.41) is 8.80. The molecular weight excluding hydrogens is 378 g/mol. The number of aromatic nitrogens is 3. The molecule has 0 saturated carbocycles. The van der Waals surface area contributed by atoms with Crippen molar-refractivity contribution in [3.8, 4) is 0 Å². The molecule has 2 aromatic rings. The van der Waals surface area contributed by atoms with Crippen molar-refractivity contribution in [2.24, 2.45) is 0 Å². The number of halogens is 3. The number of hydrogen-bond donors (Lipinski definition) is 0. The summed E-state index contributed by atoms with van der Waals surface area (Å²) in [6.07, 6.45) is 5.99. The zero-order chi connectivity index (χ0) is 18.3. The molecule has 3 heterocycles. The van der Waals surface area contributed by atoms with Gasteiger partial charge in [-0.1, -0.05) is 29.6 Å². The average Bonchev–Trinajstić information content (AvgIpc) is 3.18. The Hall–Kier alpha value is -1.66. The summed E-state index contributed by atoms with van der Waals surface area (Å²) in [4.78, 5) is 14.8. The molecule has 4 rings (SSSR count). The second-order valence-corrected chi connectivity index (χ2v) is 7.65. The Morgan fingerprint density at radius 1 is 1.08 bits per heavy atom. The summed E-state index contributed by atoms with van der Waals surface area (Å²) in [6.45, 7) is 1.47. The lowest BCUT2D eigenvalue weighted by molar-refractivity contribution is 0.0726. The zero-order valence-electron chi connectivity index (χ0n) is 14.2. The number of carbonyl (C=O) groups is 1. The maximum absolute atomic E-state index is 13.9. The van der Waals surface area contributed by atoms with Gasteiger partial charge in [-0.05, 0) is 37.8 Å². The van der Waals surface area contributed by atoms with Crippen LogP contribution in [0, 0.1) is 5.82 Å². The highest BCUT2D eigenvalue weighted by atomic mass is 35.5. The molecule has 0 aliphatic carbocycles. The quantitative estimate of drug-likeness (QED) is 0.705. The number of hydrogen-bond acceptors (Lipinski definition) is 3. The third kappa shape index (κ3) is 3.09. The molecule has 138 valence electrons. The maximum Gasteiger partial charge on any atom is 0.256 e. The first-order chi connectivity index (χ1) is 12.6. The molecule has 2 aliphatic rings. The van der Waals surface area contributed by atoms with Gasteiger partial charge in [0.25, 0.3) is 5.91 Å². The molecule has 1 amide bonds. The topological polar surface area (TPSA) is 51.0 Å². The highest BCUT2D eigenvalue weighted by Gasteiger charge is 2.35.